The smallest absolute Gasteiger partial charge is 0.306 e. The molecule has 0 saturated carbocycles. The first-order valence-corrected chi connectivity index (χ1v) is 37.8. The lowest BCUT2D eigenvalue weighted by molar-refractivity contribution is -0.167. The van der Waals surface area contributed by atoms with Crippen molar-refractivity contribution >= 4 is 17.9 Å². The molecule has 0 heterocycles. The molecule has 0 rings (SSSR count). The summed E-state index contributed by atoms with van der Waals surface area (Å²) < 4.78 is 17.0. The average molecular weight is 1170 g/mol. The van der Waals surface area contributed by atoms with E-state index in [1.807, 2.05) is 0 Å². The van der Waals surface area contributed by atoms with Gasteiger partial charge in [-0.2, -0.15) is 0 Å². The highest BCUT2D eigenvalue weighted by molar-refractivity contribution is 5.71. The van der Waals surface area contributed by atoms with Gasteiger partial charge in [-0.15, -0.1) is 0 Å². The normalized spacial score (nSPS) is 12.1. The van der Waals surface area contributed by atoms with Gasteiger partial charge < -0.3 is 14.2 Å². The van der Waals surface area contributed by atoms with Crippen molar-refractivity contribution < 1.29 is 28.6 Å². The maximum absolute atomic E-state index is 13.0. The molecule has 6 nitrogen and oxygen atoms in total. The first-order chi connectivity index (χ1) is 41.0. The van der Waals surface area contributed by atoms with Crippen LogP contribution in [0.4, 0.5) is 0 Å². The molecule has 1 atom stereocenters. The summed E-state index contributed by atoms with van der Waals surface area (Å²) in [5.74, 6) is -0.831. The van der Waals surface area contributed by atoms with Crippen LogP contribution < -0.4 is 0 Å². The van der Waals surface area contributed by atoms with Crippen molar-refractivity contribution in [1.29, 1.82) is 0 Å². The van der Waals surface area contributed by atoms with Crippen molar-refractivity contribution in [3.05, 3.63) is 24.3 Å². The number of rotatable bonds is 71. The largest absolute Gasteiger partial charge is 0.462 e. The number of allylic oxidation sites excluding steroid dienone is 4. The second kappa shape index (κ2) is 72.4. The van der Waals surface area contributed by atoms with Crippen molar-refractivity contribution in [3.63, 3.8) is 0 Å². The van der Waals surface area contributed by atoms with E-state index in [1.54, 1.807) is 0 Å². The quantitative estimate of drug-likeness (QED) is 0.0261. The van der Waals surface area contributed by atoms with E-state index in [2.05, 4.69) is 45.1 Å². The minimum absolute atomic E-state index is 0.0652. The first-order valence-electron chi connectivity index (χ1n) is 37.8. The third kappa shape index (κ3) is 70.5. The Hall–Kier alpha value is -2.11. The maximum atomic E-state index is 13.0. The van der Waals surface area contributed by atoms with E-state index in [0.717, 1.165) is 57.8 Å². The van der Waals surface area contributed by atoms with Gasteiger partial charge in [0.15, 0.2) is 6.10 Å². The molecule has 0 aromatic carbocycles. The second-order valence-electron chi connectivity index (χ2n) is 25.9. The Morgan fingerprint density at radius 2 is 0.398 bits per heavy atom. The van der Waals surface area contributed by atoms with Crippen molar-refractivity contribution in [1.82, 2.24) is 0 Å². The van der Waals surface area contributed by atoms with Crippen LogP contribution in [0.5, 0.6) is 0 Å². The minimum atomic E-state index is -0.770. The topological polar surface area (TPSA) is 78.9 Å². The van der Waals surface area contributed by atoms with Crippen LogP contribution in [0.3, 0.4) is 0 Å². The van der Waals surface area contributed by atoms with Crippen LogP contribution in [0, 0.1) is 0 Å². The van der Waals surface area contributed by atoms with Crippen LogP contribution in [0.1, 0.15) is 432 Å². The number of unbranched alkanes of at least 4 members (excludes halogenated alkanes) is 56. The Morgan fingerprint density at radius 1 is 0.229 bits per heavy atom. The van der Waals surface area contributed by atoms with E-state index < -0.39 is 6.10 Å². The zero-order chi connectivity index (χ0) is 59.9. The fourth-order valence-electron chi connectivity index (χ4n) is 11.7. The predicted molar refractivity (Wildman–Crippen MR) is 363 cm³/mol. The number of esters is 3. The summed E-state index contributed by atoms with van der Waals surface area (Å²) in [6.45, 7) is 6.73. The molecule has 0 aromatic rings. The van der Waals surface area contributed by atoms with Gasteiger partial charge in [0.1, 0.15) is 13.2 Å². The maximum Gasteiger partial charge on any atom is 0.306 e. The van der Waals surface area contributed by atoms with E-state index in [4.69, 9.17) is 14.2 Å². The summed E-state index contributed by atoms with van der Waals surface area (Å²) in [6, 6.07) is 0. The summed E-state index contributed by atoms with van der Waals surface area (Å²) in [5.41, 5.74) is 0. The zero-order valence-electron chi connectivity index (χ0n) is 56.5. The lowest BCUT2D eigenvalue weighted by atomic mass is 10.0. The molecule has 0 aliphatic carbocycles. The molecule has 1 unspecified atom stereocenters. The van der Waals surface area contributed by atoms with Gasteiger partial charge in [-0.25, -0.2) is 0 Å². The summed E-state index contributed by atoms with van der Waals surface area (Å²) in [4.78, 5) is 38.5. The van der Waals surface area contributed by atoms with E-state index >= 15 is 0 Å². The molecule has 83 heavy (non-hydrogen) atoms. The zero-order valence-corrected chi connectivity index (χ0v) is 56.5. The molecule has 0 radical (unpaired) electrons. The van der Waals surface area contributed by atoms with Crippen LogP contribution in [0.25, 0.3) is 0 Å². The molecule has 0 aliphatic heterocycles. The van der Waals surface area contributed by atoms with Crippen molar-refractivity contribution in [2.24, 2.45) is 0 Å². The average Bonchev–Trinajstić information content (AvgIpc) is 3.49. The Kier molecular flexibility index (Phi) is 70.5. The standard InChI is InChI=1S/C77H146O6/c1-4-7-10-13-16-19-22-25-28-30-32-34-35-36-37-38-39-40-41-43-44-46-49-52-55-58-61-64-67-70-76(79)82-73-74(72-81-75(78)69-66-63-60-57-54-51-48-27-24-21-18-15-12-9-6-3)83-77(80)71-68-65-62-59-56-53-50-47-45-42-33-31-29-26-23-20-17-14-11-8-5-2/h30-33,74H,4-29,34-73H2,1-3H3/b32-30-,33-31-. The molecule has 0 aromatic heterocycles. The highest BCUT2D eigenvalue weighted by atomic mass is 16.6. The summed E-state index contributed by atoms with van der Waals surface area (Å²) in [7, 11) is 0. The molecule has 6 heteroatoms. The van der Waals surface area contributed by atoms with E-state index in [0.29, 0.717) is 19.3 Å². The Bertz CT molecular complexity index is 1340. The number of carbonyl (C=O) groups is 3. The Morgan fingerprint density at radius 3 is 0.602 bits per heavy atom. The summed E-state index contributed by atoms with van der Waals surface area (Å²) >= 11 is 0. The van der Waals surface area contributed by atoms with Gasteiger partial charge in [0.05, 0.1) is 0 Å². The molecule has 0 bridgehead atoms. The van der Waals surface area contributed by atoms with E-state index in [9.17, 15) is 14.4 Å². The molecular formula is C77H146O6. The van der Waals surface area contributed by atoms with Crippen molar-refractivity contribution in [2.75, 3.05) is 13.2 Å². The third-order valence-electron chi connectivity index (χ3n) is 17.4. The molecule has 0 N–H and O–H groups in total. The monoisotopic (exact) mass is 1170 g/mol. The van der Waals surface area contributed by atoms with Gasteiger partial charge in [0.25, 0.3) is 0 Å². The van der Waals surface area contributed by atoms with Gasteiger partial charge in [0.2, 0.25) is 0 Å². The van der Waals surface area contributed by atoms with Crippen LogP contribution in [-0.4, -0.2) is 37.2 Å². The van der Waals surface area contributed by atoms with Crippen LogP contribution in [0.2, 0.25) is 0 Å². The second-order valence-corrected chi connectivity index (χ2v) is 25.9. The highest BCUT2D eigenvalue weighted by Gasteiger charge is 2.20. The van der Waals surface area contributed by atoms with E-state index in [1.165, 1.54) is 334 Å². The Labute approximate surface area is 519 Å². The fourth-order valence-corrected chi connectivity index (χ4v) is 11.7. The van der Waals surface area contributed by atoms with Crippen LogP contribution in [-0.2, 0) is 28.6 Å². The van der Waals surface area contributed by atoms with Crippen molar-refractivity contribution in [2.45, 2.75) is 438 Å². The SMILES string of the molecule is CCCCCCCCCC/C=C\CCCCCCCCCCCCCCCCCCCC(=O)OCC(COC(=O)CCCCCCCCCCCCCCCCC)OC(=O)CCCCCCCCCCC/C=C\CCCCCCCCCC. The molecular weight excluding hydrogens is 1020 g/mol. The molecule has 0 saturated heterocycles. The predicted octanol–water partition coefficient (Wildman–Crippen LogP) is 26.1. The molecule has 0 amide bonds. The van der Waals surface area contributed by atoms with E-state index in [-0.39, 0.29) is 31.1 Å². The highest BCUT2D eigenvalue weighted by Crippen LogP contribution is 2.19. The fraction of sp³-hybridized carbons (Fsp3) is 0.909. The van der Waals surface area contributed by atoms with Gasteiger partial charge in [-0.3, -0.25) is 14.4 Å². The minimum Gasteiger partial charge on any atom is -0.462 e. The molecule has 0 spiro atoms. The third-order valence-corrected chi connectivity index (χ3v) is 17.4. The number of hydrogen-bond acceptors (Lipinski definition) is 6. The van der Waals surface area contributed by atoms with Gasteiger partial charge >= 0.3 is 17.9 Å². The lowest BCUT2D eigenvalue weighted by Crippen LogP contribution is -2.30. The van der Waals surface area contributed by atoms with Crippen LogP contribution >= 0.6 is 0 Å². The molecule has 0 aliphatic rings. The lowest BCUT2D eigenvalue weighted by Gasteiger charge is -2.18. The number of hydrogen-bond donors (Lipinski definition) is 0. The first kappa shape index (κ1) is 80.9. The number of ether oxygens (including phenoxy) is 3. The van der Waals surface area contributed by atoms with Gasteiger partial charge in [0, 0.05) is 19.3 Å². The molecule has 0 fully saturated rings. The summed E-state index contributed by atoms with van der Waals surface area (Å²) in [5, 5.41) is 0. The van der Waals surface area contributed by atoms with Crippen molar-refractivity contribution in [3.8, 4) is 0 Å². The number of carbonyl (C=O) groups excluding carboxylic acids is 3. The van der Waals surface area contributed by atoms with Gasteiger partial charge in [-0.05, 0) is 70.6 Å². The van der Waals surface area contributed by atoms with Gasteiger partial charge in [-0.1, -0.05) is 366 Å². The van der Waals surface area contributed by atoms with Crippen LogP contribution in [0.15, 0.2) is 24.3 Å². The Balaban J connectivity index is 4.20. The summed E-state index contributed by atoms with van der Waals surface area (Å²) in [6.07, 6.45) is 89.4. The molecule has 490 valence electrons.